The molecule has 1 aliphatic heterocycles. The number of aromatic nitrogens is 1. The summed E-state index contributed by atoms with van der Waals surface area (Å²) < 4.78 is 1.80. The van der Waals surface area contributed by atoms with Crippen LogP contribution in [0.2, 0.25) is 0 Å². The lowest BCUT2D eigenvalue weighted by Crippen LogP contribution is -2.30. The van der Waals surface area contributed by atoms with E-state index >= 15 is 0 Å². The van der Waals surface area contributed by atoms with Crippen LogP contribution in [0.3, 0.4) is 0 Å². The topological polar surface area (TPSA) is 42.3 Å². The van der Waals surface area contributed by atoms with Crippen LogP contribution in [0, 0.1) is 5.92 Å². The number of nitrogens with zero attached hydrogens (tertiary/aromatic N) is 2. The maximum absolute atomic E-state index is 11.9. The molecule has 0 spiro atoms. The summed E-state index contributed by atoms with van der Waals surface area (Å²) in [4.78, 5) is 25.6. The van der Waals surface area contributed by atoms with Gasteiger partial charge >= 0.3 is 0 Å². The fraction of sp³-hybridized carbons (Fsp3) is 0.571. The Morgan fingerprint density at radius 2 is 1.94 bits per heavy atom. The Bertz CT molecular complexity index is 442. The van der Waals surface area contributed by atoms with Crippen molar-refractivity contribution >= 4 is 11.7 Å². The molecule has 0 atom stereocenters. The number of Topliss-reactive ketones (excluding diaryl/α,β-unsaturated/α-hetero) is 1. The normalized spacial score (nSPS) is 15.4. The van der Waals surface area contributed by atoms with Gasteiger partial charge in [0.2, 0.25) is 5.91 Å². The molecular formula is C14H20N2O2. The van der Waals surface area contributed by atoms with Gasteiger partial charge in [-0.05, 0) is 18.9 Å². The molecule has 0 bridgehead atoms. The van der Waals surface area contributed by atoms with Crippen LogP contribution in [-0.2, 0) is 11.3 Å². The van der Waals surface area contributed by atoms with Crippen molar-refractivity contribution in [3.63, 3.8) is 0 Å². The zero-order chi connectivity index (χ0) is 13.1. The van der Waals surface area contributed by atoms with Gasteiger partial charge in [-0.2, -0.15) is 0 Å². The Labute approximate surface area is 108 Å². The Balaban J connectivity index is 1.98. The number of hydrogen-bond acceptors (Lipinski definition) is 2. The van der Waals surface area contributed by atoms with Crippen LogP contribution in [0.4, 0.5) is 0 Å². The summed E-state index contributed by atoms with van der Waals surface area (Å²) in [5, 5.41) is 0. The molecule has 0 radical (unpaired) electrons. The first-order valence-electron chi connectivity index (χ1n) is 6.55. The lowest BCUT2D eigenvalue weighted by atomic mass is 10.0. The van der Waals surface area contributed by atoms with E-state index in [4.69, 9.17) is 0 Å². The predicted octanol–water partition coefficient (Wildman–Crippen LogP) is 1.95. The van der Waals surface area contributed by atoms with E-state index in [2.05, 4.69) is 0 Å². The highest BCUT2D eigenvalue weighted by Crippen LogP contribution is 2.11. The molecule has 2 rings (SSSR count). The number of amides is 1. The van der Waals surface area contributed by atoms with Crippen molar-refractivity contribution in [2.45, 2.75) is 33.2 Å². The largest absolute Gasteiger partial charge is 0.344 e. The van der Waals surface area contributed by atoms with E-state index in [9.17, 15) is 9.59 Å². The summed E-state index contributed by atoms with van der Waals surface area (Å²) in [5.41, 5.74) is 0.694. The first-order chi connectivity index (χ1) is 8.58. The lowest BCUT2D eigenvalue weighted by molar-refractivity contribution is -0.130. The van der Waals surface area contributed by atoms with Crippen LogP contribution in [0.25, 0.3) is 0 Å². The molecule has 1 saturated heterocycles. The molecular weight excluding hydrogens is 228 g/mol. The standard InChI is InChI=1S/C14H20N2O2/c1-11(2)14(18)12-5-8-15(9-12)10-13(17)16-6-3-4-7-16/h5,8-9,11H,3-4,6-7,10H2,1-2H3. The minimum Gasteiger partial charge on any atom is -0.344 e. The van der Waals surface area contributed by atoms with Gasteiger partial charge < -0.3 is 9.47 Å². The number of carbonyl (C=O) groups is 2. The summed E-state index contributed by atoms with van der Waals surface area (Å²) in [6.07, 6.45) is 5.79. The predicted molar refractivity (Wildman–Crippen MR) is 69.4 cm³/mol. The highest BCUT2D eigenvalue weighted by atomic mass is 16.2. The van der Waals surface area contributed by atoms with Gasteiger partial charge in [-0.1, -0.05) is 13.8 Å². The number of ketones is 1. The van der Waals surface area contributed by atoms with Gasteiger partial charge in [-0.25, -0.2) is 0 Å². The van der Waals surface area contributed by atoms with E-state index in [1.165, 1.54) is 0 Å². The second kappa shape index (κ2) is 5.38. The van der Waals surface area contributed by atoms with Gasteiger partial charge in [-0.3, -0.25) is 9.59 Å². The first kappa shape index (κ1) is 12.9. The molecule has 18 heavy (non-hydrogen) atoms. The van der Waals surface area contributed by atoms with Crippen LogP contribution >= 0.6 is 0 Å². The molecule has 0 aromatic carbocycles. The maximum atomic E-state index is 11.9. The number of hydrogen-bond donors (Lipinski definition) is 0. The third-order valence-corrected chi connectivity index (χ3v) is 3.34. The fourth-order valence-electron chi connectivity index (χ4n) is 2.24. The van der Waals surface area contributed by atoms with Gasteiger partial charge in [0, 0.05) is 37.0 Å². The fourth-order valence-corrected chi connectivity index (χ4v) is 2.24. The van der Waals surface area contributed by atoms with Gasteiger partial charge in [0.25, 0.3) is 0 Å². The van der Waals surface area contributed by atoms with Crippen molar-refractivity contribution in [2.24, 2.45) is 5.92 Å². The minimum atomic E-state index is -0.00451. The van der Waals surface area contributed by atoms with Crippen molar-refractivity contribution in [1.82, 2.24) is 9.47 Å². The Morgan fingerprint density at radius 1 is 1.28 bits per heavy atom. The van der Waals surface area contributed by atoms with Gasteiger partial charge in [0.1, 0.15) is 6.54 Å². The lowest BCUT2D eigenvalue weighted by Gasteiger charge is -2.15. The molecule has 1 aromatic rings. The van der Waals surface area contributed by atoms with Crippen LogP contribution in [0.15, 0.2) is 18.5 Å². The molecule has 98 valence electrons. The van der Waals surface area contributed by atoms with Crippen LogP contribution in [-0.4, -0.2) is 34.2 Å². The molecule has 0 saturated carbocycles. The van der Waals surface area contributed by atoms with Crippen LogP contribution in [0.1, 0.15) is 37.0 Å². The second-order valence-electron chi connectivity index (χ2n) is 5.18. The summed E-state index contributed by atoms with van der Waals surface area (Å²) >= 11 is 0. The second-order valence-corrected chi connectivity index (χ2v) is 5.18. The number of rotatable bonds is 4. The minimum absolute atomic E-state index is 0.00451. The van der Waals surface area contributed by atoms with Gasteiger partial charge in [0.05, 0.1) is 0 Å². The molecule has 2 heterocycles. The van der Waals surface area contributed by atoms with E-state index in [1.807, 2.05) is 24.9 Å². The van der Waals surface area contributed by atoms with Crippen molar-refractivity contribution in [2.75, 3.05) is 13.1 Å². The first-order valence-corrected chi connectivity index (χ1v) is 6.55. The van der Waals surface area contributed by atoms with E-state index in [0.29, 0.717) is 12.1 Å². The zero-order valence-electron chi connectivity index (χ0n) is 11.1. The third kappa shape index (κ3) is 2.81. The average molecular weight is 248 g/mol. The quantitative estimate of drug-likeness (QED) is 0.764. The van der Waals surface area contributed by atoms with E-state index in [0.717, 1.165) is 25.9 Å². The van der Waals surface area contributed by atoms with E-state index in [1.54, 1.807) is 16.8 Å². The van der Waals surface area contributed by atoms with Crippen molar-refractivity contribution < 1.29 is 9.59 Å². The number of likely N-dealkylation sites (tertiary alicyclic amines) is 1. The Hall–Kier alpha value is -1.58. The molecule has 0 aliphatic carbocycles. The highest BCUT2D eigenvalue weighted by Gasteiger charge is 2.18. The van der Waals surface area contributed by atoms with Crippen molar-refractivity contribution in [3.8, 4) is 0 Å². The molecule has 0 unspecified atom stereocenters. The zero-order valence-corrected chi connectivity index (χ0v) is 11.1. The summed E-state index contributed by atoms with van der Waals surface area (Å²) in [6, 6.07) is 1.79. The van der Waals surface area contributed by atoms with Gasteiger partial charge in [-0.15, -0.1) is 0 Å². The van der Waals surface area contributed by atoms with Crippen molar-refractivity contribution in [1.29, 1.82) is 0 Å². The molecule has 1 aliphatic rings. The maximum Gasteiger partial charge on any atom is 0.242 e. The molecule has 4 heteroatoms. The van der Waals surface area contributed by atoms with Crippen molar-refractivity contribution in [3.05, 3.63) is 24.0 Å². The Morgan fingerprint density at radius 3 is 2.56 bits per heavy atom. The van der Waals surface area contributed by atoms with Crippen LogP contribution in [0.5, 0.6) is 0 Å². The summed E-state index contributed by atoms with van der Waals surface area (Å²) in [6.45, 7) is 5.85. The van der Waals surface area contributed by atoms with E-state index < -0.39 is 0 Å². The highest BCUT2D eigenvalue weighted by molar-refractivity contribution is 5.97. The molecule has 1 aromatic heterocycles. The third-order valence-electron chi connectivity index (χ3n) is 3.34. The molecule has 4 nitrogen and oxygen atoms in total. The molecule has 0 N–H and O–H groups in total. The SMILES string of the molecule is CC(C)C(=O)c1ccn(CC(=O)N2CCCC2)c1. The van der Waals surface area contributed by atoms with Gasteiger partial charge in [0.15, 0.2) is 5.78 Å². The number of carbonyl (C=O) groups excluding carboxylic acids is 2. The molecule has 1 amide bonds. The molecule has 1 fully saturated rings. The van der Waals surface area contributed by atoms with E-state index in [-0.39, 0.29) is 17.6 Å². The Kier molecular flexibility index (Phi) is 3.84. The smallest absolute Gasteiger partial charge is 0.242 e. The van der Waals surface area contributed by atoms with Crippen LogP contribution < -0.4 is 0 Å². The summed E-state index contributed by atoms with van der Waals surface area (Å²) in [5.74, 6) is 0.268. The monoisotopic (exact) mass is 248 g/mol. The summed E-state index contributed by atoms with van der Waals surface area (Å²) in [7, 11) is 0. The average Bonchev–Trinajstić information content (AvgIpc) is 2.98.